The van der Waals surface area contributed by atoms with Gasteiger partial charge in [-0.15, -0.1) is 0 Å². The summed E-state index contributed by atoms with van der Waals surface area (Å²) >= 11 is 0. The van der Waals surface area contributed by atoms with Gasteiger partial charge in [0, 0.05) is 32.7 Å². The van der Waals surface area contributed by atoms with Crippen molar-refractivity contribution in [1.29, 1.82) is 0 Å². The summed E-state index contributed by atoms with van der Waals surface area (Å²) < 4.78 is 10.7. The predicted octanol–water partition coefficient (Wildman–Crippen LogP) is 0.996. The standard InChI is InChI=1S/C22H34N4O4/c1-29-19-7-6-17(14-20(19)30-2)16-26-13-9-24-22(28)18(26)15-21(27)23-8-12-25-10-4-3-5-11-25/h6-7,14,18H,3-5,8-13,15-16H2,1-2H3,(H,23,27)(H,24,28). The van der Waals surface area contributed by atoms with Gasteiger partial charge in [0.05, 0.1) is 26.7 Å². The first-order valence-corrected chi connectivity index (χ1v) is 10.8. The lowest BCUT2D eigenvalue weighted by molar-refractivity contribution is -0.134. The van der Waals surface area contributed by atoms with Crippen molar-refractivity contribution in [2.24, 2.45) is 0 Å². The van der Waals surface area contributed by atoms with Gasteiger partial charge in [-0.05, 0) is 43.6 Å². The Bertz CT molecular complexity index is 721. The molecule has 2 aliphatic rings. The number of rotatable bonds is 9. The third-order valence-electron chi connectivity index (χ3n) is 5.85. The fourth-order valence-corrected chi connectivity index (χ4v) is 4.17. The minimum Gasteiger partial charge on any atom is -0.493 e. The molecular formula is C22H34N4O4. The smallest absolute Gasteiger partial charge is 0.237 e. The molecule has 2 fully saturated rings. The molecule has 1 aromatic rings. The summed E-state index contributed by atoms with van der Waals surface area (Å²) in [7, 11) is 3.21. The summed E-state index contributed by atoms with van der Waals surface area (Å²) in [5, 5.41) is 5.88. The lowest BCUT2D eigenvalue weighted by Gasteiger charge is -2.35. The second kappa shape index (κ2) is 11.2. The summed E-state index contributed by atoms with van der Waals surface area (Å²) in [4.78, 5) is 29.4. The van der Waals surface area contributed by atoms with Gasteiger partial charge in [-0.1, -0.05) is 12.5 Å². The molecule has 1 aromatic carbocycles. The molecule has 166 valence electrons. The molecule has 0 saturated carbocycles. The highest BCUT2D eigenvalue weighted by Crippen LogP contribution is 2.28. The number of hydrogen-bond acceptors (Lipinski definition) is 6. The molecule has 0 aliphatic carbocycles. The predicted molar refractivity (Wildman–Crippen MR) is 115 cm³/mol. The van der Waals surface area contributed by atoms with E-state index < -0.39 is 6.04 Å². The van der Waals surface area contributed by atoms with Gasteiger partial charge in [-0.2, -0.15) is 0 Å². The first kappa shape index (κ1) is 22.4. The van der Waals surface area contributed by atoms with Crippen LogP contribution in [0.25, 0.3) is 0 Å². The second-order valence-electron chi connectivity index (χ2n) is 7.92. The van der Waals surface area contributed by atoms with Crippen LogP contribution in [-0.2, 0) is 16.1 Å². The molecule has 2 heterocycles. The molecule has 2 aliphatic heterocycles. The van der Waals surface area contributed by atoms with Crippen LogP contribution in [0.4, 0.5) is 0 Å². The average molecular weight is 419 g/mol. The Morgan fingerprint density at radius 2 is 1.90 bits per heavy atom. The molecule has 2 amide bonds. The molecule has 8 nitrogen and oxygen atoms in total. The quantitative estimate of drug-likeness (QED) is 0.623. The van der Waals surface area contributed by atoms with Gasteiger partial charge in [0.25, 0.3) is 0 Å². The Morgan fingerprint density at radius 3 is 2.63 bits per heavy atom. The van der Waals surface area contributed by atoms with E-state index in [4.69, 9.17) is 9.47 Å². The van der Waals surface area contributed by atoms with Crippen molar-refractivity contribution in [3.63, 3.8) is 0 Å². The lowest BCUT2D eigenvalue weighted by atomic mass is 10.1. The van der Waals surface area contributed by atoms with Crippen LogP contribution in [0.1, 0.15) is 31.2 Å². The van der Waals surface area contributed by atoms with Gasteiger partial charge < -0.3 is 25.0 Å². The average Bonchev–Trinajstić information content (AvgIpc) is 2.76. The highest BCUT2D eigenvalue weighted by atomic mass is 16.5. The van der Waals surface area contributed by atoms with E-state index in [1.165, 1.54) is 19.3 Å². The van der Waals surface area contributed by atoms with Gasteiger partial charge in [0.1, 0.15) is 0 Å². The van der Waals surface area contributed by atoms with Crippen molar-refractivity contribution < 1.29 is 19.1 Å². The molecule has 0 radical (unpaired) electrons. The van der Waals surface area contributed by atoms with Gasteiger partial charge in [-0.3, -0.25) is 14.5 Å². The van der Waals surface area contributed by atoms with Gasteiger partial charge in [0.15, 0.2) is 11.5 Å². The number of carbonyl (C=O) groups excluding carboxylic acids is 2. The topological polar surface area (TPSA) is 83.1 Å². The van der Waals surface area contributed by atoms with E-state index in [2.05, 4.69) is 20.4 Å². The molecule has 0 spiro atoms. The van der Waals surface area contributed by atoms with Gasteiger partial charge in [-0.25, -0.2) is 0 Å². The van der Waals surface area contributed by atoms with Crippen LogP contribution < -0.4 is 20.1 Å². The summed E-state index contributed by atoms with van der Waals surface area (Å²) in [6, 6.07) is 5.27. The Balaban J connectivity index is 1.55. The Morgan fingerprint density at radius 1 is 1.13 bits per heavy atom. The van der Waals surface area contributed by atoms with Crippen LogP contribution in [0.15, 0.2) is 18.2 Å². The number of benzene rings is 1. The van der Waals surface area contributed by atoms with Gasteiger partial charge in [0.2, 0.25) is 11.8 Å². The van der Waals surface area contributed by atoms with Gasteiger partial charge >= 0.3 is 0 Å². The molecular weight excluding hydrogens is 384 g/mol. The summed E-state index contributed by atoms with van der Waals surface area (Å²) in [5.41, 5.74) is 1.01. The van der Waals surface area contributed by atoms with E-state index >= 15 is 0 Å². The third-order valence-corrected chi connectivity index (χ3v) is 5.85. The maximum Gasteiger partial charge on any atom is 0.237 e. The number of amides is 2. The van der Waals surface area contributed by atoms with E-state index in [1.807, 2.05) is 18.2 Å². The summed E-state index contributed by atoms with van der Waals surface area (Å²) in [6.45, 7) is 5.57. The van der Waals surface area contributed by atoms with E-state index in [-0.39, 0.29) is 18.2 Å². The fourth-order valence-electron chi connectivity index (χ4n) is 4.17. The van der Waals surface area contributed by atoms with Crippen LogP contribution in [0.3, 0.4) is 0 Å². The number of ether oxygens (including phenoxy) is 2. The fraction of sp³-hybridized carbons (Fsp3) is 0.636. The Kier molecular flexibility index (Phi) is 8.33. The molecule has 30 heavy (non-hydrogen) atoms. The first-order chi connectivity index (χ1) is 14.6. The van der Waals surface area contributed by atoms with Crippen LogP contribution in [0.2, 0.25) is 0 Å². The molecule has 1 atom stereocenters. The number of carbonyl (C=O) groups is 2. The molecule has 0 bridgehead atoms. The number of nitrogens with one attached hydrogen (secondary N) is 2. The number of likely N-dealkylation sites (tertiary alicyclic amines) is 1. The van der Waals surface area contributed by atoms with E-state index in [9.17, 15) is 9.59 Å². The highest BCUT2D eigenvalue weighted by Gasteiger charge is 2.31. The molecule has 8 heteroatoms. The SMILES string of the molecule is COc1ccc(CN2CCNC(=O)C2CC(=O)NCCN2CCCCC2)cc1OC. The molecule has 2 N–H and O–H groups in total. The monoisotopic (exact) mass is 418 g/mol. The van der Waals surface area contributed by atoms with Crippen molar-refractivity contribution in [3.8, 4) is 11.5 Å². The van der Waals surface area contributed by atoms with E-state index in [1.54, 1.807) is 14.2 Å². The Labute approximate surface area is 178 Å². The number of piperazine rings is 1. The first-order valence-electron chi connectivity index (χ1n) is 10.8. The van der Waals surface area contributed by atoms with Crippen molar-refractivity contribution in [2.75, 3.05) is 53.5 Å². The number of piperidine rings is 1. The van der Waals surface area contributed by atoms with Crippen molar-refractivity contribution in [1.82, 2.24) is 20.4 Å². The molecule has 1 unspecified atom stereocenters. The number of hydrogen-bond donors (Lipinski definition) is 2. The van der Waals surface area contributed by atoms with Crippen molar-refractivity contribution in [2.45, 2.75) is 38.3 Å². The van der Waals surface area contributed by atoms with Crippen LogP contribution >= 0.6 is 0 Å². The van der Waals surface area contributed by atoms with Crippen molar-refractivity contribution >= 4 is 11.8 Å². The maximum atomic E-state index is 12.5. The lowest BCUT2D eigenvalue weighted by Crippen LogP contribution is -2.56. The second-order valence-corrected chi connectivity index (χ2v) is 7.92. The van der Waals surface area contributed by atoms with E-state index in [0.717, 1.165) is 25.2 Å². The zero-order valence-electron chi connectivity index (χ0n) is 18.1. The number of methoxy groups -OCH3 is 2. The third kappa shape index (κ3) is 6.09. The minimum atomic E-state index is -0.471. The zero-order valence-corrected chi connectivity index (χ0v) is 18.1. The largest absolute Gasteiger partial charge is 0.493 e. The molecule has 0 aromatic heterocycles. The maximum absolute atomic E-state index is 12.5. The number of nitrogens with zero attached hydrogens (tertiary/aromatic N) is 2. The minimum absolute atomic E-state index is 0.0774. The van der Waals surface area contributed by atoms with Crippen molar-refractivity contribution in [3.05, 3.63) is 23.8 Å². The van der Waals surface area contributed by atoms with E-state index in [0.29, 0.717) is 37.7 Å². The van der Waals surface area contributed by atoms with Crippen LogP contribution in [0.5, 0.6) is 11.5 Å². The zero-order chi connectivity index (χ0) is 21.3. The van der Waals surface area contributed by atoms with Crippen LogP contribution in [0, 0.1) is 0 Å². The molecule has 3 rings (SSSR count). The Hall–Kier alpha value is -2.32. The summed E-state index contributed by atoms with van der Waals surface area (Å²) in [6.07, 6.45) is 3.94. The summed E-state index contributed by atoms with van der Waals surface area (Å²) in [5.74, 6) is 1.16. The molecule has 2 saturated heterocycles. The normalized spacial score (nSPS) is 20.5. The van der Waals surface area contributed by atoms with Crippen LogP contribution in [-0.4, -0.2) is 81.1 Å². The highest BCUT2D eigenvalue weighted by molar-refractivity contribution is 5.88.